The van der Waals surface area contributed by atoms with Gasteiger partial charge in [-0.05, 0) is 108 Å². The molecular formula is C74H68N2Si2. The van der Waals surface area contributed by atoms with Crippen molar-refractivity contribution in [3.63, 3.8) is 0 Å². The Morgan fingerprint density at radius 1 is 0.282 bits per heavy atom. The number of hydrogen-bond acceptors (Lipinski definition) is 2. The fraction of sp³-hybridized carbons (Fsp3) is 0.135. The van der Waals surface area contributed by atoms with Gasteiger partial charge in [0.2, 0.25) is 0 Å². The molecule has 12 aromatic carbocycles. The van der Waals surface area contributed by atoms with Gasteiger partial charge in [0.1, 0.15) is 0 Å². The predicted molar refractivity (Wildman–Crippen MR) is 346 cm³/mol. The van der Waals surface area contributed by atoms with Crippen LogP contribution in [0.1, 0.15) is 22.3 Å². The highest BCUT2D eigenvalue weighted by Gasteiger charge is 2.31. The summed E-state index contributed by atoms with van der Waals surface area (Å²) in [6.07, 6.45) is 0. The van der Waals surface area contributed by atoms with Crippen LogP contribution in [0.15, 0.2) is 231 Å². The van der Waals surface area contributed by atoms with Crippen LogP contribution in [0.4, 0.5) is 34.1 Å². The van der Waals surface area contributed by atoms with Crippen LogP contribution in [0.25, 0.3) is 76.8 Å². The average Bonchev–Trinajstić information content (AvgIpc) is 3.57. The van der Waals surface area contributed by atoms with E-state index >= 15 is 0 Å². The molecule has 0 bridgehead atoms. The molecule has 0 atom stereocenters. The van der Waals surface area contributed by atoms with Gasteiger partial charge in [-0.15, -0.1) is 0 Å². The molecule has 2 nitrogen and oxygen atoms in total. The average molecular weight is 1040 g/mol. The summed E-state index contributed by atoms with van der Waals surface area (Å²) in [5.41, 5.74) is 21.6. The van der Waals surface area contributed by atoms with E-state index in [2.05, 4.69) is 307 Å². The molecule has 12 rings (SSSR count). The molecule has 0 N–H and O–H groups in total. The minimum absolute atomic E-state index is 1.11. The lowest BCUT2D eigenvalue weighted by Gasteiger charge is -2.34. The Kier molecular flexibility index (Phi) is 12.9. The van der Waals surface area contributed by atoms with Crippen LogP contribution in [-0.2, 0) is 0 Å². The lowest BCUT2D eigenvalue weighted by atomic mass is 9.89. The molecule has 0 saturated heterocycles. The van der Waals surface area contributed by atoms with Crippen molar-refractivity contribution in [2.45, 2.75) is 67.0 Å². The smallest absolute Gasteiger partial charge is 0.0776 e. The molecule has 78 heavy (non-hydrogen) atoms. The van der Waals surface area contributed by atoms with Gasteiger partial charge in [0.15, 0.2) is 0 Å². The van der Waals surface area contributed by atoms with E-state index in [9.17, 15) is 0 Å². The van der Waals surface area contributed by atoms with Crippen molar-refractivity contribution in [3.8, 4) is 44.5 Å². The minimum atomic E-state index is -1.83. The Bertz CT molecular complexity index is 3740. The van der Waals surface area contributed by atoms with Crippen LogP contribution in [0.2, 0.25) is 39.3 Å². The Balaban J connectivity index is 1.18. The standard InChI is InChI=1S/C74H68N2Si2/c1-49-21-29-53(30-22-49)65-45-61(77(5,6)7)46-66(54-31-23-50(2)24-32-54)73(65)75(59-17-13-11-14-18-59)69-43-39-57-38-42-64-70(44-40-58-37-41-63(69)71(57)72(58)64)76(60-19-15-12-16-20-60)74-67(55-33-25-51(3)26-34-55)47-62(78(8,9)10)48-68(74)56-35-27-52(4)28-36-56/h11-48H,1-10H3. The van der Waals surface area contributed by atoms with E-state index < -0.39 is 16.1 Å². The van der Waals surface area contributed by atoms with E-state index in [-0.39, 0.29) is 0 Å². The zero-order valence-corrected chi connectivity index (χ0v) is 48.8. The van der Waals surface area contributed by atoms with Crippen LogP contribution in [0, 0.1) is 27.7 Å². The van der Waals surface area contributed by atoms with Gasteiger partial charge >= 0.3 is 0 Å². The third-order valence-electron chi connectivity index (χ3n) is 16.0. The first-order valence-corrected chi connectivity index (χ1v) is 34.7. The predicted octanol–water partition coefficient (Wildman–Crippen LogP) is 20.5. The van der Waals surface area contributed by atoms with E-state index in [0.717, 1.165) is 22.7 Å². The SMILES string of the molecule is Cc1ccc(-c2cc([Si](C)(C)C)cc(-c3ccc(C)cc3)c2N(c2ccccc2)c2ccc3ccc4c(N(c5ccccc5)c5c(-c6ccc(C)cc6)cc([Si](C)(C)C)cc5-c5ccc(C)cc5)ccc5ccc2c3c54)cc1. The highest BCUT2D eigenvalue weighted by Crippen LogP contribution is 2.53. The number of nitrogens with zero attached hydrogens (tertiary/aromatic N) is 2. The minimum Gasteiger partial charge on any atom is -0.309 e. The first-order valence-electron chi connectivity index (χ1n) is 27.7. The van der Waals surface area contributed by atoms with Gasteiger partial charge in [0.05, 0.1) is 38.9 Å². The number of aryl methyl sites for hydroxylation is 4. The van der Waals surface area contributed by atoms with Crippen molar-refractivity contribution in [3.05, 3.63) is 253 Å². The van der Waals surface area contributed by atoms with Gasteiger partial charge in [0.25, 0.3) is 0 Å². The molecule has 0 aliphatic carbocycles. The Labute approximate surface area is 464 Å². The monoisotopic (exact) mass is 1040 g/mol. The summed E-state index contributed by atoms with van der Waals surface area (Å²) in [5.74, 6) is 0. The first kappa shape index (κ1) is 50.5. The number of hydrogen-bond donors (Lipinski definition) is 0. The second-order valence-electron chi connectivity index (χ2n) is 23.7. The second-order valence-corrected chi connectivity index (χ2v) is 33.9. The molecule has 0 spiro atoms. The summed E-state index contributed by atoms with van der Waals surface area (Å²) in [5, 5.41) is 10.2. The molecule has 0 unspecified atom stereocenters. The van der Waals surface area contributed by atoms with Gasteiger partial charge in [-0.1, -0.05) is 266 Å². The molecule has 0 heterocycles. The molecule has 4 heteroatoms. The Morgan fingerprint density at radius 2 is 0.551 bits per heavy atom. The van der Waals surface area contributed by atoms with Gasteiger partial charge in [-0.2, -0.15) is 0 Å². The summed E-state index contributed by atoms with van der Waals surface area (Å²) < 4.78 is 0. The number of para-hydroxylation sites is 2. The number of benzene rings is 12. The van der Waals surface area contributed by atoms with Crippen molar-refractivity contribution < 1.29 is 0 Å². The summed E-state index contributed by atoms with van der Waals surface area (Å²) in [6, 6.07) is 87.8. The topological polar surface area (TPSA) is 6.48 Å². The van der Waals surface area contributed by atoms with Crippen LogP contribution < -0.4 is 20.2 Å². The van der Waals surface area contributed by atoms with Gasteiger partial charge in [-0.3, -0.25) is 0 Å². The van der Waals surface area contributed by atoms with E-state index in [0.29, 0.717) is 0 Å². The van der Waals surface area contributed by atoms with Crippen LogP contribution in [0.5, 0.6) is 0 Å². The number of rotatable bonds is 12. The van der Waals surface area contributed by atoms with Crippen LogP contribution >= 0.6 is 0 Å². The van der Waals surface area contributed by atoms with Crippen molar-refractivity contribution >= 4 is 93.0 Å². The van der Waals surface area contributed by atoms with Crippen LogP contribution in [0.3, 0.4) is 0 Å². The first-order chi connectivity index (χ1) is 37.6. The Morgan fingerprint density at radius 3 is 0.821 bits per heavy atom. The van der Waals surface area contributed by atoms with E-state index in [1.165, 1.54) is 121 Å². The lowest BCUT2D eigenvalue weighted by Crippen LogP contribution is -2.38. The largest absolute Gasteiger partial charge is 0.309 e. The molecular weight excluding hydrogens is 973 g/mol. The maximum absolute atomic E-state index is 2.57. The summed E-state index contributed by atoms with van der Waals surface area (Å²) >= 11 is 0. The summed E-state index contributed by atoms with van der Waals surface area (Å²) in [4.78, 5) is 5.15. The third kappa shape index (κ3) is 9.33. The Hall–Kier alpha value is -8.29. The summed E-state index contributed by atoms with van der Waals surface area (Å²) in [6.45, 7) is 23.6. The molecule has 0 aliphatic heterocycles. The fourth-order valence-electron chi connectivity index (χ4n) is 11.5. The lowest BCUT2D eigenvalue weighted by molar-refractivity contribution is 1.30. The van der Waals surface area contributed by atoms with Crippen molar-refractivity contribution in [1.29, 1.82) is 0 Å². The molecule has 0 amide bonds. The number of anilines is 6. The molecule has 0 radical (unpaired) electrons. The second kappa shape index (κ2) is 19.9. The van der Waals surface area contributed by atoms with E-state index in [1.54, 1.807) is 0 Å². The van der Waals surface area contributed by atoms with Crippen LogP contribution in [-0.4, -0.2) is 16.1 Å². The van der Waals surface area contributed by atoms with Gasteiger partial charge in [-0.25, -0.2) is 0 Å². The van der Waals surface area contributed by atoms with Crippen molar-refractivity contribution in [2.75, 3.05) is 9.80 Å². The highest BCUT2D eigenvalue weighted by molar-refractivity contribution is 6.89. The maximum Gasteiger partial charge on any atom is 0.0776 e. The van der Waals surface area contributed by atoms with E-state index in [4.69, 9.17) is 0 Å². The molecule has 382 valence electrons. The molecule has 0 saturated carbocycles. The zero-order valence-electron chi connectivity index (χ0n) is 46.8. The third-order valence-corrected chi connectivity index (χ3v) is 20.0. The highest BCUT2D eigenvalue weighted by atomic mass is 28.3. The molecule has 0 aliphatic rings. The maximum atomic E-state index is 2.57. The summed E-state index contributed by atoms with van der Waals surface area (Å²) in [7, 11) is -3.67. The fourth-order valence-corrected chi connectivity index (χ4v) is 13.8. The normalized spacial score (nSPS) is 12.0. The molecule has 12 aromatic rings. The van der Waals surface area contributed by atoms with E-state index in [1.807, 2.05) is 0 Å². The van der Waals surface area contributed by atoms with Gasteiger partial charge < -0.3 is 9.80 Å². The van der Waals surface area contributed by atoms with Gasteiger partial charge in [0, 0.05) is 44.4 Å². The van der Waals surface area contributed by atoms with Crippen molar-refractivity contribution in [1.82, 2.24) is 0 Å². The quantitative estimate of drug-likeness (QED) is 0.0889. The van der Waals surface area contributed by atoms with Crippen molar-refractivity contribution in [2.24, 2.45) is 0 Å². The molecule has 0 fully saturated rings. The molecule has 0 aromatic heterocycles. The zero-order chi connectivity index (χ0) is 54.0.